The Morgan fingerprint density at radius 1 is 1.25 bits per heavy atom. The molecule has 1 unspecified atom stereocenters. The van der Waals surface area contributed by atoms with Crippen LogP contribution in [0, 0.1) is 0 Å². The number of imidazole rings is 1. The molecular weight excluding hydrogens is 302 g/mol. The van der Waals surface area contributed by atoms with E-state index in [9.17, 15) is 0 Å². The number of hydrogen-bond donors (Lipinski definition) is 1. The minimum atomic E-state index is -0.0635. The van der Waals surface area contributed by atoms with Crippen LogP contribution in [0.15, 0.2) is 30.5 Å². The Morgan fingerprint density at radius 3 is 2.67 bits per heavy atom. The summed E-state index contributed by atoms with van der Waals surface area (Å²) in [5, 5.41) is 0. The van der Waals surface area contributed by atoms with Gasteiger partial charge in [0.1, 0.15) is 5.75 Å². The van der Waals surface area contributed by atoms with Crippen LogP contribution in [0.3, 0.4) is 0 Å². The Bertz CT molecular complexity index is 674. The zero-order valence-electron chi connectivity index (χ0n) is 14.8. The van der Waals surface area contributed by atoms with Crippen molar-refractivity contribution < 1.29 is 4.74 Å². The largest absolute Gasteiger partial charge is 0.425 e. The maximum atomic E-state index is 6.04. The summed E-state index contributed by atoms with van der Waals surface area (Å²) in [6.45, 7) is 9.06. The summed E-state index contributed by atoms with van der Waals surface area (Å²) in [5.74, 6) is 0.808. The molecule has 0 saturated carbocycles. The lowest BCUT2D eigenvalue weighted by molar-refractivity contribution is 0.312. The van der Waals surface area contributed by atoms with Crippen LogP contribution in [-0.4, -0.2) is 47.7 Å². The lowest BCUT2D eigenvalue weighted by Gasteiger charge is -2.34. The smallest absolute Gasteiger partial charge is 0.302 e. The minimum Gasteiger partial charge on any atom is -0.425 e. The molecule has 1 fully saturated rings. The summed E-state index contributed by atoms with van der Waals surface area (Å²) < 4.78 is 8.06. The van der Waals surface area contributed by atoms with Gasteiger partial charge in [0.2, 0.25) is 0 Å². The first kappa shape index (κ1) is 16.8. The summed E-state index contributed by atoms with van der Waals surface area (Å²) >= 11 is 0. The van der Waals surface area contributed by atoms with Crippen molar-refractivity contribution in [1.82, 2.24) is 14.5 Å². The van der Waals surface area contributed by atoms with Crippen molar-refractivity contribution in [2.24, 2.45) is 5.73 Å². The van der Waals surface area contributed by atoms with E-state index in [-0.39, 0.29) is 6.04 Å². The number of rotatable bonds is 5. The van der Waals surface area contributed by atoms with Crippen molar-refractivity contribution >= 4 is 5.69 Å². The van der Waals surface area contributed by atoms with Crippen molar-refractivity contribution in [3.63, 3.8) is 0 Å². The third kappa shape index (κ3) is 3.55. The molecule has 2 aromatic rings. The minimum absolute atomic E-state index is 0.0635. The van der Waals surface area contributed by atoms with Crippen LogP contribution < -0.4 is 15.4 Å². The van der Waals surface area contributed by atoms with Gasteiger partial charge in [-0.2, -0.15) is 0 Å². The van der Waals surface area contributed by atoms with Crippen molar-refractivity contribution in [1.29, 1.82) is 0 Å². The molecule has 0 spiro atoms. The summed E-state index contributed by atoms with van der Waals surface area (Å²) in [6.07, 6.45) is 1.80. The fraction of sp³-hybridized carbons (Fsp3) is 0.500. The van der Waals surface area contributed by atoms with Gasteiger partial charge in [-0.1, -0.05) is 6.07 Å². The van der Waals surface area contributed by atoms with E-state index < -0.39 is 0 Å². The lowest BCUT2D eigenvalue weighted by Crippen LogP contribution is -2.44. The third-order valence-electron chi connectivity index (χ3n) is 4.53. The molecule has 6 nitrogen and oxygen atoms in total. The molecule has 1 aromatic heterocycles. The maximum Gasteiger partial charge on any atom is 0.302 e. The second-order valence-electron chi connectivity index (χ2n) is 6.39. The zero-order chi connectivity index (χ0) is 17.1. The number of hydrogen-bond acceptors (Lipinski definition) is 5. The molecular formula is C18H27N5O. The van der Waals surface area contributed by atoms with Gasteiger partial charge < -0.3 is 20.3 Å². The number of anilines is 1. The average molecular weight is 329 g/mol. The topological polar surface area (TPSA) is 59.6 Å². The molecule has 130 valence electrons. The zero-order valence-corrected chi connectivity index (χ0v) is 14.8. The van der Waals surface area contributed by atoms with E-state index >= 15 is 0 Å². The molecule has 1 saturated heterocycles. The Kier molecular flexibility index (Phi) is 5.06. The quantitative estimate of drug-likeness (QED) is 0.913. The molecule has 0 aliphatic carbocycles. The molecule has 1 aromatic carbocycles. The normalized spacial score (nSPS) is 17.1. The van der Waals surface area contributed by atoms with Gasteiger partial charge in [-0.15, -0.1) is 0 Å². The number of aromatic nitrogens is 2. The van der Waals surface area contributed by atoms with E-state index in [1.165, 1.54) is 5.69 Å². The Hall–Kier alpha value is -2.05. The van der Waals surface area contributed by atoms with Crippen LogP contribution in [0.1, 0.15) is 25.6 Å². The van der Waals surface area contributed by atoms with Crippen LogP contribution in [-0.2, 0) is 6.54 Å². The van der Waals surface area contributed by atoms with Gasteiger partial charge in [0.25, 0.3) is 0 Å². The Labute approximate surface area is 143 Å². The molecule has 1 atom stereocenters. The second-order valence-corrected chi connectivity index (χ2v) is 6.39. The van der Waals surface area contributed by atoms with Gasteiger partial charge in [-0.3, -0.25) is 4.57 Å². The molecule has 2 heterocycles. The van der Waals surface area contributed by atoms with Gasteiger partial charge in [0.05, 0.1) is 11.9 Å². The Balaban J connectivity index is 1.78. The average Bonchev–Trinajstić information content (AvgIpc) is 2.98. The van der Waals surface area contributed by atoms with Crippen molar-refractivity contribution in [2.75, 3.05) is 38.1 Å². The number of nitrogens with zero attached hydrogens (tertiary/aromatic N) is 4. The number of likely N-dealkylation sites (N-methyl/N-ethyl adjacent to an activating group) is 1. The molecule has 0 amide bonds. The summed E-state index contributed by atoms with van der Waals surface area (Å²) in [6, 6.07) is 8.77. The van der Waals surface area contributed by atoms with E-state index in [2.05, 4.69) is 40.9 Å². The summed E-state index contributed by atoms with van der Waals surface area (Å²) in [5.41, 5.74) is 8.19. The number of nitrogens with two attached hydrogens (primary N) is 1. The Morgan fingerprint density at radius 2 is 2.00 bits per heavy atom. The van der Waals surface area contributed by atoms with Crippen molar-refractivity contribution in [3.05, 3.63) is 36.2 Å². The molecule has 24 heavy (non-hydrogen) atoms. The molecule has 1 aliphatic rings. The highest BCUT2D eigenvalue weighted by molar-refractivity contribution is 5.51. The van der Waals surface area contributed by atoms with Gasteiger partial charge in [-0.05, 0) is 33.0 Å². The van der Waals surface area contributed by atoms with Crippen LogP contribution in [0.25, 0.3) is 0 Å². The molecule has 3 rings (SSSR count). The van der Waals surface area contributed by atoms with E-state index in [4.69, 9.17) is 10.5 Å². The van der Waals surface area contributed by atoms with Crippen molar-refractivity contribution in [3.8, 4) is 11.8 Å². The highest BCUT2D eigenvalue weighted by atomic mass is 16.5. The van der Waals surface area contributed by atoms with Crippen LogP contribution in [0.5, 0.6) is 11.8 Å². The highest BCUT2D eigenvalue weighted by Gasteiger charge is 2.16. The lowest BCUT2D eigenvalue weighted by atomic mass is 10.2. The standard InChI is InChI=1S/C18H27N5O/c1-4-23-17(14(2)19)13-20-18(23)24-16-7-5-6-15(12-16)22-10-8-21(3)9-11-22/h5-7,12-14H,4,8-11,19H2,1-3H3. The SMILES string of the molecule is CCn1c(C(C)N)cnc1Oc1cccc(N2CCN(C)CC2)c1. The number of ether oxygens (including phenoxy) is 1. The fourth-order valence-electron chi connectivity index (χ4n) is 3.05. The number of benzene rings is 1. The van der Waals surface area contributed by atoms with Crippen molar-refractivity contribution in [2.45, 2.75) is 26.4 Å². The van der Waals surface area contributed by atoms with E-state index in [0.717, 1.165) is 44.2 Å². The molecule has 2 N–H and O–H groups in total. The molecule has 1 aliphatic heterocycles. The van der Waals surface area contributed by atoms with E-state index in [0.29, 0.717) is 6.01 Å². The first-order chi connectivity index (χ1) is 11.6. The molecule has 0 radical (unpaired) electrons. The number of piperazine rings is 1. The predicted molar refractivity (Wildman–Crippen MR) is 96.7 cm³/mol. The van der Waals surface area contributed by atoms with E-state index in [1.54, 1.807) is 6.20 Å². The van der Waals surface area contributed by atoms with Gasteiger partial charge in [-0.25, -0.2) is 4.98 Å². The maximum absolute atomic E-state index is 6.04. The summed E-state index contributed by atoms with van der Waals surface area (Å²) in [4.78, 5) is 9.14. The van der Waals surface area contributed by atoms with Gasteiger partial charge in [0, 0.05) is 50.5 Å². The van der Waals surface area contributed by atoms with Gasteiger partial charge in [0.15, 0.2) is 0 Å². The van der Waals surface area contributed by atoms with Crippen LogP contribution in [0.2, 0.25) is 0 Å². The fourth-order valence-corrected chi connectivity index (χ4v) is 3.05. The highest BCUT2D eigenvalue weighted by Crippen LogP contribution is 2.27. The molecule has 0 bridgehead atoms. The third-order valence-corrected chi connectivity index (χ3v) is 4.53. The van der Waals surface area contributed by atoms with E-state index in [1.807, 2.05) is 23.6 Å². The second kappa shape index (κ2) is 7.23. The summed E-state index contributed by atoms with van der Waals surface area (Å²) in [7, 11) is 2.16. The van der Waals surface area contributed by atoms with Crippen LogP contribution >= 0.6 is 0 Å². The first-order valence-corrected chi connectivity index (χ1v) is 8.61. The predicted octanol–water partition coefficient (Wildman–Crippen LogP) is 2.47. The van der Waals surface area contributed by atoms with Crippen LogP contribution in [0.4, 0.5) is 5.69 Å². The monoisotopic (exact) mass is 329 g/mol. The molecule has 6 heteroatoms. The first-order valence-electron chi connectivity index (χ1n) is 8.61. The van der Waals surface area contributed by atoms with Gasteiger partial charge >= 0.3 is 6.01 Å².